The monoisotopic (exact) mass is 276 g/mol. The van der Waals surface area contributed by atoms with E-state index in [0.29, 0.717) is 0 Å². The van der Waals surface area contributed by atoms with Crippen LogP contribution in [0, 0.1) is 0 Å². The lowest BCUT2D eigenvalue weighted by Crippen LogP contribution is -2.12. The molecular formula is C18H16N2O. The molecule has 0 radical (unpaired) electrons. The molecule has 0 bridgehead atoms. The number of rotatable bonds is 1. The zero-order valence-corrected chi connectivity index (χ0v) is 11.6. The van der Waals surface area contributed by atoms with Gasteiger partial charge in [-0.15, -0.1) is 0 Å². The summed E-state index contributed by atoms with van der Waals surface area (Å²) in [5.74, 6) is 0.288. The molecule has 1 aromatic heterocycles. The van der Waals surface area contributed by atoms with Crippen molar-refractivity contribution in [3.05, 3.63) is 60.2 Å². The average Bonchev–Trinajstić information content (AvgIpc) is 2.77. The molecule has 0 atom stereocenters. The van der Waals surface area contributed by atoms with E-state index >= 15 is 0 Å². The zero-order valence-electron chi connectivity index (χ0n) is 11.6. The number of hydrogen-bond donors (Lipinski definition) is 3. The highest BCUT2D eigenvalue weighted by Gasteiger charge is 2.19. The van der Waals surface area contributed by atoms with E-state index in [2.05, 4.69) is 35.1 Å². The van der Waals surface area contributed by atoms with Gasteiger partial charge >= 0.3 is 0 Å². The molecule has 0 aliphatic carbocycles. The van der Waals surface area contributed by atoms with Crippen molar-refractivity contribution < 1.29 is 5.11 Å². The van der Waals surface area contributed by atoms with Crippen molar-refractivity contribution in [1.82, 2.24) is 10.3 Å². The molecule has 3 nitrogen and oxygen atoms in total. The highest BCUT2D eigenvalue weighted by Crippen LogP contribution is 2.36. The molecule has 3 N–H and O–H groups in total. The first-order valence-electron chi connectivity index (χ1n) is 7.10. The van der Waals surface area contributed by atoms with Crippen molar-refractivity contribution >= 4 is 16.6 Å². The molecule has 1 aliphatic heterocycles. The highest BCUT2D eigenvalue weighted by molar-refractivity contribution is 5.99. The lowest BCUT2D eigenvalue weighted by atomic mass is 10.00. The number of phenolic OH excluding ortho intramolecular Hbond substituents is 1. The van der Waals surface area contributed by atoms with Gasteiger partial charge in [0, 0.05) is 34.4 Å². The molecule has 0 spiro atoms. The van der Waals surface area contributed by atoms with Crippen LogP contribution in [-0.4, -0.2) is 16.6 Å². The van der Waals surface area contributed by atoms with Gasteiger partial charge in [-0.1, -0.05) is 18.7 Å². The van der Waals surface area contributed by atoms with Crippen molar-refractivity contribution in [3.63, 3.8) is 0 Å². The summed E-state index contributed by atoms with van der Waals surface area (Å²) in [7, 11) is 0. The van der Waals surface area contributed by atoms with Gasteiger partial charge < -0.3 is 15.4 Å². The van der Waals surface area contributed by atoms with Crippen molar-refractivity contribution in [2.75, 3.05) is 6.54 Å². The third-order valence-electron chi connectivity index (χ3n) is 4.12. The van der Waals surface area contributed by atoms with Crippen LogP contribution in [0.3, 0.4) is 0 Å². The van der Waals surface area contributed by atoms with Gasteiger partial charge in [0.15, 0.2) is 0 Å². The molecule has 1 aliphatic rings. The summed E-state index contributed by atoms with van der Waals surface area (Å²) in [4.78, 5) is 3.53. The molecule has 0 fully saturated rings. The van der Waals surface area contributed by atoms with E-state index in [1.54, 1.807) is 12.1 Å². The lowest BCUT2D eigenvalue weighted by molar-refractivity contribution is 0.475. The van der Waals surface area contributed by atoms with Crippen LogP contribution in [0.2, 0.25) is 0 Å². The van der Waals surface area contributed by atoms with Gasteiger partial charge in [-0.3, -0.25) is 0 Å². The Hall–Kier alpha value is -2.68. The lowest BCUT2D eigenvalue weighted by Gasteiger charge is -2.06. The number of phenols is 1. The molecule has 2 heterocycles. The van der Waals surface area contributed by atoms with E-state index in [1.165, 1.54) is 16.5 Å². The summed E-state index contributed by atoms with van der Waals surface area (Å²) in [6, 6.07) is 13.6. The smallest absolute Gasteiger partial charge is 0.115 e. The summed E-state index contributed by atoms with van der Waals surface area (Å²) in [5, 5.41) is 14.1. The van der Waals surface area contributed by atoms with E-state index in [4.69, 9.17) is 0 Å². The molecule has 0 unspecified atom stereocenters. The Morgan fingerprint density at radius 3 is 2.67 bits per heavy atom. The van der Waals surface area contributed by atoms with Crippen molar-refractivity contribution in [2.24, 2.45) is 0 Å². The molecule has 4 rings (SSSR count). The first-order valence-corrected chi connectivity index (χ1v) is 7.10. The van der Waals surface area contributed by atoms with E-state index in [9.17, 15) is 5.11 Å². The Balaban J connectivity index is 2.02. The van der Waals surface area contributed by atoms with Crippen LogP contribution in [0.1, 0.15) is 11.1 Å². The van der Waals surface area contributed by atoms with Crippen LogP contribution in [0.4, 0.5) is 0 Å². The minimum atomic E-state index is 0.288. The Labute approximate surface area is 122 Å². The Bertz CT molecular complexity index is 844. The third-order valence-corrected chi connectivity index (χ3v) is 4.12. The summed E-state index contributed by atoms with van der Waals surface area (Å²) >= 11 is 0. The van der Waals surface area contributed by atoms with Crippen LogP contribution in [-0.2, 0) is 6.42 Å². The maximum Gasteiger partial charge on any atom is 0.115 e. The maximum absolute atomic E-state index is 9.47. The van der Waals surface area contributed by atoms with Gasteiger partial charge in [-0.05, 0) is 47.9 Å². The van der Waals surface area contributed by atoms with Crippen LogP contribution in [0.5, 0.6) is 5.75 Å². The fourth-order valence-electron chi connectivity index (χ4n) is 3.13. The summed E-state index contributed by atoms with van der Waals surface area (Å²) in [6.45, 7) is 5.01. The quantitative estimate of drug-likeness (QED) is 0.635. The van der Waals surface area contributed by atoms with Gasteiger partial charge in [-0.2, -0.15) is 0 Å². The van der Waals surface area contributed by atoms with Gasteiger partial charge in [-0.25, -0.2) is 0 Å². The van der Waals surface area contributed by atoms with Crippen molar-refractivity contribution in [2.45, 2.75) is 6.42 Å². The second kappa shape index (κ2) is 4.42. The van der Waals surface area contributed by atoms with Crippen LogP contribution in [0.25, 0.3) is 27.9 Å². The first-order chi connectivity index (χ1) is 10.2. The molecule has 21 heavy (non-hydrogen) atoms. The number of nitrogens with one attached hydrogen (secondary N) is 2. The standard InChI is InChI=1S/C18H16N2O/c1-11-14-3-2-4-16-17(14)15(9-10-19-11)18(20-16)12-5-7-13(21)8-6-12/h2-8,19-21H,1,9-10H2. The normalized spacial score (nSPS) is 14.0. The molecule has 0 saturated heterocycles. The molecule has 104 valence electrons. The molecular weight excluding hydrogens is 260 g/mol. The van der Waals surface area contributed by atoms with Crippen LogP contribution >= 0.6 is 0 Å². The summed E-state index contributed by atoms with van der Waals surface area (Å²) in [5.41, 5.74) is 6.83. The topological polar surface area (TPSA) is 48.0 Å². The summed E-state index contributed by atoms with van der Waals surface area (Å²) in [6.07, 6.45) is 0.951. The number of hydrogen-bond acceptors (Lipinski definition) is 2. The fourth-order valence-corrected chi connectivity index (χ4v) is 3.13. The van der Waals surface area contributed by atoms with Gasteiger partial charge in [0.05, 0.1) is 0 Å². The van der Waals surface area contributed by atoms with E-state index in [0.717, 1.165) is 35.4 Å². The predicted octanol–water partition coefficient (Wildman–Crippen LogP) is 3.66. The Morgan fingerprint density at radius 1 is 1.05 bits per heavy atom. The Morgan fingerprint density at radius 2 is 1.86 bits per heavy atom. The van der Waals surface area contributed by atoms with E-state index < -0.39 is 0 Å². The highest BCUT2D eigenvalue weighted by atomic mass is 16.3. The third kappa shape index (κ3) is 1.82. The summed E-state index contributed by atoms with van der Waals surface area (Å²) < 4.78 is 0. The molecule has 0 amide bonds. The Kier molecular flexibility index (Phi) is 2.54. The SMILES string of the molecule is C=C1NCCc2c(-c3ccc(O)cc3)[nH]c3cccc1c23. The zero-order chi connectivity index (χ0) is 14.4. The van der Waals surface area contributed by atoms with E-state index in [1.807, 2.05) is 12.1 Å². The van der Waals surface area contributed by atoms with Crippen LogP contribution in [0.15, 0.2) is 49.0 Å². The molecule has 3 aromatic rings. The number of H-pyrrole nitrogens is 1. The number of aromatic nitrogens is 1. The first kappa shape index (κ1) is 12.1. The fraction of sp³-hybridized carbons (Fsp3) is 0.111. The maximum atomic E-state index is 9.47. The van der Waals surface area contributed by atoms with Crippen molar-refractivity contribution in [3.8, 4) is 17.0 Å². The second-order valence-corrected chi connectivity index (χ2v) is 5.41. The van der Waals surface area contributed by atoms with E-state index in [-0.39, 0.29) is 5.75 Å². The molecule has 0 saturated carbocycles. The van der Waals surface area contributed by atoms with Gasteiger partial charge in [0.25, 0.3) is 0 Å². The minimum Gasteiger partial charge on any atom is -0.508 e. The molecule has 2 aromatic carbocycles. The van der Waals surface area contributed by atoms with Crippen molar-refractivity contribution in [1.29, 1.82) is 0 Å². The average molecular weight is 276 g/mol. The number of aromatic amines is 1. The largest absolute Gasteiger partial charge is 0.508 e. The molecule has 3 heteroatoms. The number of benzene rings is 2. The predicted molar refractivity (Wildman–Crippen MR) is 86.1 cm³/mol. The van der Waals surface area contributed by atoms with Gasteiger partial charge in [0.2, 0.25) is 0 Å². The van der Waals surface area contributed by atoms with Gasteiger partial charge in [0.1, 0.15) is 5.75 Å². The minimum absolute atomic E-state index is 0.288. The second-order valence-electron chi connectivity index (χ2n) is 5.41. The number of aromatic hydroxyl groups is 1. The van der Waals surface area contributed by atoms with Crippen LogP contribution < -0.4 is 5.32 Å².